The lowest BCUT2D eigenvalue weighted by molar-refractivity contribution is 0.102. The van der Waals surface area contributed by atoms with E-state index in [1.54, 1.807) is 6.92 Å². The topological polar surface area (TPSA) is 104 Å². The third-order valence-corrected chi connectivity index (χ3v) is 4.38. The maximum atomic E-state index is 12.2. The Balaban J connectivity index is 1.55. The van der Waals surface area contributed by atoms with Gasteiger partial charge in [-0.25, -0.2) is 0 Å². The number of benzene rings is 1. The van der Waals surface area contributed by atoms with Gasteiger partial charge in [0.2, 0.25) is 5.95 Å². The highest BCUT2D eigenvalue weighted by atomic mass is 16.2. The molecule has 0 aliphatic heterocycles. The molecule has 1 aliphatic carbocycles. The lowest BCUT2D eigenvalue weighted by atomic mass is 10.1. The van der Waals surface area contributed by atoms with Gasteiger partial charge in [-0.15, -0.1) is 5.10 Å². The predicted octanol–water partition coefficient (Wildman–Crippen LogP) is 2.21. The molecule has 3 N–H and O–H groups in total. The van der Waals surface area contributed by atoms with Crippen LogP contribution >= 0.6 is 0 Å². The molecule has 2 heterocycles. The van der Waals surface area contributed by atoms with Gasteiger partial charge in [0.25, 0.3) is 5.91 Å². The summed E-state index contributed by atoms with van der Waals surface area (Å²) in [5.74, 6) is 0.184. The second-order valence-electron chi connectivity index (χ2n) is 6.19. The Morgan fingerprint density at radius 1 is 1.20 bits per heavy atom. The van der Waals surface area contributed by atoms with Crippen LogP contribution in [-0.4, -0.2) is 26.1 Å². The summed E-state index contributed by atoms with van der Waals surface area (Å²) in [6.07, 6.45) is 4.78. The zero-order valence-corrected chi connectivity index (χ0v) is 13.7. The standard InChI is InChI=1S/C18H17N5O2/c1-10-7-15(24)14(9-19-10)17(25)21-18-20-16(22-23-18)13-6-5-11-3-2-4-12(11)8-13/h5-9H,2-4H2,1H3,(H,19,24)(H2,20,21,22,23,25). The number of hydrogen-bond acceptors (Lipinski definition) is 4. The number of rotatable bonds is 3. The normalized spacial score (nSPS) is 12.8. The van der Waals surface area contributed by atoms with Gasteiger partial charge in [-0.2, -0.15) is 4.98 Å². The summed E-state index contributed by atoms with van der Waals surface area (Å²) in [5, 5.41) is 9.40. The number of amides is 1. The van der Waals surface area contributed by atoms with Gasteiger partial charge in [-0.1, -0.05) is 12.1 Å². The first-order valence-electron chi connectivity index (χ1n) is 8.15. The number of carbonyl (C=O) groups excluding carboxylic acids is 1. The number of hydrogen-bond donors (Lipinski definition) is 3. The second-order valence-corrected chi connectivity index (χ2v) is 6.19. The van der Waals surface area contributed by atoms with Crippen molar-refractivity contribution in [1.29, 1.82) is 0 Å². The third kappa shape index (κ3) is 2.96. The molecule has 0 atom stereocenters. The Kier molecular flexibility index (Phi) is 3.68. The molecule has 0 saturated heterocycles. The minimum atomic E-state index is -0.541. The number of nitrogens with one attached hydrogen (secondary N) is 3. The molecule has 0 radical (unpaired) electrons. The fourth-order valence-electron chi connectivity index (χ4n) is 3.09. The van der Waals surface area contributed by atoms with Gasteiger partial charge in [0.05, 0.1) is 0 Å². The van der Waals surface area contributed by atoms with Crippen LogP contribution in [0, 0.1) is 6.92 Å². The van der Waals surface area contributed by atoms with E-state index in [2.05, 4.69) is 37.6 Å². The van der Waals surface area contributed by atoms with Crippen molar-refractivity contribution in [2.45, 2.75) is 26.2 Å². The van der Waals surface area contributed by atoms with Crippen LogP contribution < -0.4 is 10.7 Å². The molecule has 7 nitrogen and oxygen atoms in total. The van der Waals surface area contributed by atoms with Crippen LogP contribution in [0.25, 0.3) is 11.4 Å². The van der Waals surface area contributed by atoms with Gasteiger partial charge in [0.1, 0.15) is 5.56 Å². The molecule has 1 amide bonds. The number of aromatic nitrogens is 4. The highest BCUT2D eigenvalue weighted by Gasteiger charge is 2.15. The maximum Gasteiger partial charge on any atom is 0.263 e. The first-order chi connectivity index (χ1) is 12.1. The molecule has 4 rings (SSSR count). The number of fused-ring (bicyclic) bond motifs is 1. The minimum absolute atomic E-state index is 0.0227. The Hall–Kier alpha value is -3.22. The van der Waals surface area contributed by atoms with Crippen molar-refractivity contribution in [1.82, 2.24) is 20.2 Å². The van der Waals surface area contributed by atoms with E-state index in [9.17, 15) is 9.59 Å². The largest absolute Gasteiger partial charge is 0.364 e. The zero-order valence-electron chi connectivity index (χ0n) is 13.7. The summed E-state index contributed by atoms with van der Waals surface area (Å²) in [4.78, 5) is 31.3. The molecule has 0 unspecified atom stereocenters. The molecule has 0 saturated carbocycles. The van der Waals surface area contributed by atoms with Crippen LogP contribution in [0.2, 0.25) is 0 Å². The predicted molar refractivity (Wildman–Crippen MR) is 93.6 cm³/mol. The van der Waals surface area contributed by atoms with E-state index >= 15 is 0 Å². The number of aryl methyl sites for hydroxylation is 3. The summed E-state index contributed by atoms with van der Waals surface area (Å²) in [6.45, 7) is 1.75. The lowest BCUT2D eigenvalue weighted by Crippen LogP contribution is -2.22. The Morgan fingerprint density at radius 2 is 2.04 bits per heavy atom. The number of nitrogens with zero attached hydrogens (tertiary/aromatic N) is 2. The van der Waals surface area contributed by atoms with Crippen LogP contribution in [-0.2, 0) is 12.8 Å². The first-order valence-corrected chi connectivity index (χ1v) is 8.15. The average molecular weight is 335 g/mol. The highest BCUT2D eigenvalue weighted by molar-refractivity contribution is 6.03. The van der Waals surface area contributed by atoms with Crippen molar-refractivity contribution >= 4 is 11.9 Å². The average Bonchev–Trinajstić information content (AvgIpc) is 3.22. The van der Waals surface area contributed by atoms with E-state index in [0.29, 0.717) is 11.5 Å². The van der Waals surface area contributed by atoms with E-state index < -0.39 is 5.91 Å². The van der Waals surface area contributed by atoms with Crippen molar-refractivity contribution in [3.05, 3.63) is 63.1 Å². The summed E-state index contributed by atoms with van der Waals surface area (Å²) >= 11 is 0. The molecule has 0 spiro atoms. The quantitative estimate of drug-likeness (QED) is 0.682. The number of pyridine rings is 1. The summed E-state index contributed by atoms with van der Waals surface area (Å²) in [6, 6.07) is 7.60. The van der Waals surface area contributed by atoms with E-state index in [4.69, 9.17) is 0 Å². The van der Waals surface area contributed by atoms with Crippen molar-refractivity contribution in [3.63, 3.8) is 0 Å². The van der Waals surface area contributed by atoms with Crippen molar-refractivity contribution in [3.8, 4) is 11.4 Å². The third-order valence-electron chi connectivity index (χ3n) is 4.38. The smallest absolute Gasteiger partial charge is 0.263 e. The molecule has 7 heteroatoms. The van der Waals surface area contributed by atoms with Gasteiger partial charge in [0, 0.05) is 23.5 Å². The van der Waals surface area contributed by atoms with Crippen LogP contribution in [0.4, 0.5) is 5.95 Å². The lowest BCUT2D eigenvalue weighted by Gasteiger charge is -2.02. The first kappa shape index (κ1) is 15.3. The van der Waals surface area contributed by atoms with Gasteiger partial charge in [-0.05, 0) is 43.4 Å². The zero-order chi connectivity index (χ0) is 17.4. The van der Waals surface area contributed by atoms with Crippen LogP contribution in [0.5, 0.6) is 0 Å². The maximum absolute atomic E-state index is 12.2. The Bertz CT molecular complexity index is 1020. The molecule has 0 bridgehead atoms. The molecule has 0 fully saturated rings. The van der Waals surface area contributed by atoms with E-state index in [1.807, 2.05) is 6.07 Å². The van der Waals surface area contributed by atoms with Crippen LogP contribution in [0.3, 0.4) is 0 Å². The fraction of sp³-hybridized carbons (Fsp3) is 0.222. The van der Waals surface area contributed by atoms with Gasteiger partial charge in [-0.3, -0.25) is 20.0 Å². The van der Waals surface area contributed by atoms with Crippen molar-refractivity contribution in [2.75, 3.05) is 5.32 Å². The van der Waals surface area contributed by atoms with E-state index in [0.717, 1.165) is 18.4 Å². The van der Waals surface area contributed by atoms with Gasteiger partial charge >= 0.3 is 0 Å². The van der Waals surface area contributed by atoms with Gasteiger partial charge in [0.15, 0.2) is 11.3 Å². The SMILES string of the molecule is Cc1cc(=O)c(C(=O)Nc2n[nH]c(-c3ccc4c(c3)CCC4)n2)c[nH]1. The summed E-state index contributed by atoms with van der Waals surface area (Å²) < 4.78 is 0. The van der Waals surface area contributed by atoms with Crippen molar-refractivity contribution < 1.29 is 4.79 Å². The number of carbonyl (C=O) groups is 1. The van der Waals surface area contributed by atoms with E-state index in [1.165, 1.54) is 29.8 Å². The molecular weight excluding hydrogens is 318 g/mol. The second kappa shape index (κ2) is 6.01. The summed E-state index contributed by atoms with van der Waals surface area (Å²) in [7, 11) is 0. The minimum Gasteiger partial charge on any atom is -0.364 e. The van der Waals surface area contributed by atoms with E-state index in [-0.39, 0.29) is 16.9 Å². The Labute approximate surface area is 143 Å². The molecular formula is C18H17N5O2. The monoisotopic (exact) mass is 335 g/mol. The molecule has 3 aromatic rings. The highest BCUT2D eigenvalue weighted by Crippen LogP contribution is 2.26. The molecule has 25 heavy (non-hydrogen) atoms. The van der Waals surface area contributed by atoms with Crippen molar-refractivity contribution in [2.24, 2.45) is 0 Å². The number of anilines is 1. The van der Waals surface area contributed by atoms with Gasteiger partial charge < -0.3 is 4.98 Å². The summed E-state index contributed by atoms with van der Waals surface area (Å²) in [5.41, 5.74) is 4.03. The van der Waals surface area contributed by atoms with Crippen LogP contribution in [0.1, 0.15) is 33.6 Å². The number of H-pyrrole nitrogens is 2. The fourth-order valence-corrected chi connectivity index (χ4v) is 3.09. The number of aromatic amines is 2. The molecule has 126 valence electrons. The molecule has 2 aromatic heterocycles. The van der Waals surface area contributed by atoms with Crippen LogP contribution in [0.15, 0.2) is 35.3 Å². The molecule has 1 aromatic carbocycles. The molecule has 1 aliphatic rings. The Morgan fingerprint density at radius 3 is 2.88 bits per heavy atom.